The first kappa shape index (κ1) is 12.7. The molecule has 1 heterocycles. The lowest BCUT2D eigenvalue weighted by atomic mass is 9.94. The van der Waals surface area contributed by atoms with E-state index in [1.54, 1.807) is 11.3 Å². The molecule has 2 rings (SSSR count). The van der Waals surface area contributed by atoms with Crippen molar-refractivity contribution >= 4 is 27.3 Å². The summed E-state index contributed by atoms with van der Waals surface area (Å²) in [5, 5.41) is 5.39. The van der Waals surface area contributed by atoms with Crippen LogP contribution in [-0.4, -0.2) is 18.6 Å². The fourth-order valence-corrected chi connectivity index (χ4v) is 3.12. The molecule has 1 aromatic carbocycles. The van der Waals surface area contributed by atoms with Crippen LogP contribution in [-0.2, 0) is 6.42 Å². The lowest BCUT2D eigenvalue weighted by Gasteiger charge is -2.17. The summed E-state index contributed by atoms with van der Waals surface area (Å²) in [5.41, 5.74) is 4.41. The molecule has 0 aliphatic carbocycles. The zero-order valence-electron chi connectivity index (χ0n) is 9.69. The van der Waals surface area contributed by atoms with Crippen LogP contribution < -0.4 is 5.32 Å². The standard InChI is InChI=1S/C13H15BrN2S/c1-15-7-10(6-11-8-17-9-16-11)12-4-2-3-5-13(12)14/h2-5,8-10,15H,6-7H2,1H3. The maximum Gasteiger partial charge on any atom is 0.0794 e. The predicted octanol–water partition coefficient (Wildman–Crippen LogP) is 3.45. The third-order valence-corrected chi connectivity index (χ3v) is 4.09. The molecular weight excluding hydrogens is 296 g/mol. The van der Waals surface area contributed by atoms with Gasteiger partial charge in [-0.3, -0.25) is 0 Å². The van der Waals surface area contributed by atoms with Crippen molar-refractivity contribution in [3.05, 3.63) is 50.9 Å². The van der Waals surface area contributed by atoms with Gasteiger partial charge < -0.3 is 5.32 Å². The zero-order valence-corrected chi connectivity index (χ0v) is 12.1. The second-order valence-electron chi connectivity index (χ2n) is 3.96. The first-order chi connectivity index (χ1) is 8.31. The van der Waals surface area contributed by atoms with Crippen molar-refractivity contribution in [2.24, 2.45) is 0 Å². The Hall–Kier alpha value is -0.710. The summed E-state index contributed by atoms with van der Waals surface area (Å²) in [4.78, 5) is 4.37. The van der Waals surface area contributed by atoms with Gasteiger partial charge in [-0.25, -0.2) is 4.98 Å². The smallest absolute Gasteiger partial charge is 0.0794 e. The van der Waals surface area contributed by atoms with Crippen LogP contribution >= 0.6 is 27.3 Å². The fraction of sp³-hybridized carbons (Fsp3) is 0.308. The SMILES string of the molecule is CNCC(Cc1cscn1)c1ccccc1Br. The van der Waals surface area contributed by atoms with Crippen LogP contribution in [0.3, 0.4) is 0 Å². The van der Waals surface area contributed by atoms with E-state index in [2.05, 4.69) is 49.8 Å². The molecule has 4 heteroatoms. The molecule has 0 saturated carbocycles. The molecule has 1 N–H and O–H groups in total. The summed E-state index contributed by atoms with van der Waals surface area (Å²) < 4.78 is 1.18. The average Bonchev–Trinajstić information content (AvgIpc) is 2.82. The monoisotopic (exact) mass is 310 g/mol. The van der Waals surface area contributed by atoms with Crippen molar-refractivity contribution in [3.63, 3.8) is 0 Å². The average molecular weight is 311 g/mol. The van der Waals surface area contributed by atoms with E-state index in [1.165, 1.54) is 15.7 Å². The van der Waals surface area contributed by atoms with Gasteiger partial charge in [-0.05, 0) is 25.1 Å². The Kier molecular flexibility index (Phi) is 4.71. The molecular formula is C13H15BrN2S. The number of halogens is 1. The minimum absolute atomic E-state index is 0.456. The van der Waals surface area contributed by atoms with Crippen LogP contribution in [0.5, 0.6) is 0 Å². The highest BCUT2D eigenvalue weighted by Crippen LogP contribution is 2.27. The number of benzene rings is 1. The molecule has 0 radical (unpaired) electrons. The normalized spacial score (nSPS) is 12.6. The van der Waals surface area contributed by atoms with Crippen LogP contribution in [0.4, 0.5) is 0 Å². The van der Waals surface area contributed by atoms with Gasteiger partial charge in [0.1, 0.15) is 0 Å². The molecule has 0 spiro atoms. The highest BCUT2D eigenvalue weighted by Gasteiger charge is 2.15. The maximum absolute atomic E-state index is 4.37. The van der Waals surface area contributed by atoms with Gasteiger partial charge in [0, 0.05) is 22.3 Å². The van der Waals surface area contributed by atoms with Gasteiger partial charge in [-0.15, -0.1) is 11.3 Å². The molecule has 0 saturated heterocycles. The number of thiazole rings is 1. The number of nitrogens with zero attached hydrogens (tertiary/aromatic N) is 1. The number of nitrogens with one attached hydrogen (secondary N) is 1. The second-order valence-corrected chi connectivity index (χ2v) is 5.53. The minimum Gasteiger partial charge on any atom is -0.319 e. The molecule has 2 nitrogen and oxygen atoms in total. The molecule has 0 fully saturated rings. The number of rotatable bonds is 5. The molecule has 0 aliphatic rings. The van der Waals surface area contributed by atoms with Crippen molar-refractivity contribution in [1.29, 1.82) is 0 Å². The summed E-state index contributed by atoms with van der Waals surface area (Å²) in [5.74, 6) is 0.456. The Balaban J connectivity index is 2.20. The molecule has 2 aromatic rings. The van der Waals surface area contributed by atoms with E-state index in [1.807, 2.05) is 18.6 Å². The first-order valence-corrected chi connectivity index (χ1v) is 7.31. The van der Waals surface area contributed by atoms with Crippen molar-refractivity contribution in [2.75, 3.05) is 13.6 Å². The van der Waals surface area contributed by atoms with Gasteiger partial charge >= 0.3 is 0 Å². The zero-order chi connectivity index (χ0) is 12.1. The van der Waals surface area contributed by atoms with E-state index in [0.717, 1.165) is 13.0 Å². The number of aromatic nitrogens is 1. The summed E-state index contributed by atoms with van der Waals surface area (Å²) in [6.45, 7) is 0.958. The quantitative estimate of drug-likeness (QED) is 0.915. The van der Waals surface area contributed by atoms with Crippen molar-refractivity contribution in [3.8, 4) is 0 Å². The Labute approximate surface area is 114 Å². The summed E-state index contributed by atoms with van der Waals surface area (Å²) in [6, 6.07) is 8.41. The lowest BCUT2D eigenvalue weighted by Crippen LogP contribution is -2.19. The van der Waals surface area contributed by atoms with Gasteiger partial charge in [-0.1, -0.05) is 34.1 Å². The fourth-order valence-electron chi connectivity index (χ4n) is 1.94. The number of hydrogen-bond donors (Lipinski definition) is 1. The summed E-state index contributed by atoms with van der Waals surface area (Å²) in [6.07, 6.45) is 0.979. The largest absolute Gasteiger partial charge is 0.319 e. The molecule has 1 unspecified atom stereocenters. The van der Waals surface area contributed by atoms with Gasteiger partial charge in [-0.2, -0.15) is 0 Å². The topological polar surface area (TPSA) is 24.9 Å². The number of likely N-dealkylation sites (N-methyl/N-ethyl adjacent to an activating group) is 1. The van der Waals surface area contributed by atoms with E-state index < -0.39 is 0 Å². The van der Waals surface area contributed by atoms with Gasteiger partial charge in [0.15, 0.2) is 0 Å². The van der Waals surface area contributed by atoms with Crippen molar-refractivity contribution < 1.29 is 0 Å². The van der Waals surface area contributed by atoms with E-state index in [9.17, 15) is 0 Å². The van der Waals surface area contributed by atoms with Crippen LogP contribution in [0.1, 0.15) is 17.2 Å². The van der Waals surface area contributed by atoms with Crippen LogP contribution in [0.15, 0.2) is 39.6 Å². The number of hydrogen-bond acceptors (Lipinski definition) is 3. The molecule has 1 atom stereocenters. The van der Waals surface area contributed by atoms with Crippen LogP contribution in [0.2, 0.25) is 0 Å². The second kappa shape index (κ2) is 6.28. The first-order valence-electron chi connectivity index (χ1n) is 5.57. The van der Waals surface area contributed by atoms with E-state index in [4.69, 9.17) is 0 Å². The molecule has 1 aromatic heterocycles. The summed E-state index contributed by atoms with van der Waals surface area (Å²) >= 11 is 5.28. The Morgan fingerprint density at radius 3 is 2.88 bits per heavy atom. The van der Waals surface area contributed by atoms with Crippen LogP contribution in [0, 0.1) is 0 Å². The highest BCUT2D eigenvalue weighted by molar-refractivity contribution is 9.10. The molecule has 0 bridgehead atoms. The molecule has 90 valence electrons. The molecule has 0 aliphatic heterocycles. The van der Waals surface area contributed by atoms with E-state index >= 15 is 0 Å². The van der Waals surface area contributed by atoms with Crippen LogP contribution in [0.25, 0.3) is 0 Å². The molecule has 17 heavy (non-hydrogen) atoms. The lowest BCUT2D eigenvalue weighted by molar-refractivity contribution is 0.618. The van der Waals surface area contributed by atoms with Gasteiger partial charge in [0.2, 0.25) is 0 Å². The summed E-state index contributed by atoms with van der Waals surface area (Å²) in [7, 11) is 1.99. The third-order valence-electron chi connectivity index (χ3n) is 2.73. The highest BCUT2D eigenvalue weighted by atomic mass is 79.9. The van der Waals surface area contributed by atoms with Gasteiger partial charge in [0.05, 0.1) is 11.2 Å². The molecule has 0 amide bonds. The minimum atomic E-state index is 0.456. The third kappa shape index (κ3) is 3.37. The Morgan fingerprint density at radius 2 is 2.24 bits per heavy atom. The predicted molar refractivity (Wildman–Crippen MR) is 76.6 cm³/mol. The van der Waals surface area contributed by atoms with E-state index in [0.29, 0.717) is 5.92 Å². The van der Waals surface area contributed by atoms with Crippen molar-refractivity contribution in [2.45, 2.75) is 12.3 Å². The maximum atomic E-state index is 4.37. The van der Waals surface area contributed by atoms with E-state index in [-0.39, 0.29) is 0 Å². The Morgan fingerprint density at radius 1 is 1.41 bits per heavy atom. The van der Waals surface area contributed by atoms with Gasteiger partial charge in [0.25, 0.3) is 0 Å². The van der Waals surface area contributed by atoms with Crippen molar-refractivity contribution in [1.82, 2.24) is 10.3 Å². The Bertz CT molecular complexity index is 456.